The normalized spacial score (nSPS) is 19.8. The van der Waals surface area contributed by atoms with Gasteiger partial charge in [0.15, 0.2) is 11.6 Å². The fourth-order valence-corrected chi connectivity index (χ4v) is 2.48. The Morgan fingerprint density at radius 3 is 2.75 bits per heavy atom. The molecule has 0 fully saturated rings. The number of rotatable bonds is 2. The van der Waals surface area contributed by atoms with E-state index in [2.05, 4.69) is 22.6 Å². The Hall–Kier alpha value is -0.970. The van der Waals surface area contributed by atoms with Gasteiger partial charge in [-0.2, -0.15) is 0 Å². The fourth-order valence-electron chi connectivity index (χ4n) is 1.83. The van der Waals surface area contributed by atoms with Gasteiger partial charge in [0.05, 0.1) is 5.92 Å². The molecule has 1 unspecified atom stereocenters. The molecule has 1 aliphatic carbocycles. The maximum atomic E-state index is 12.2. The van der Waals surface area contributed by atoms with Crippen molar-refractivity contribution in [3.63, 3.8) is 0 Å². The number of hydrogen-bond donors (Lipinski definition) is 0. The summed E-state index contributed by atoms with van der Waals surface area (Å²) in [6.45, 7) is 0. The van der Waals surface area contributed by atoms with Gasteiger partial charge in [0.1, 0.15) is 0 Å². The molecule has 0 heterocycles. The maximum Gasteiger partial charge on any atom is 0.174 e. The Morgan fingerprint density at radius 1 is 1.31 bits per heavy atom. The van der Waals surface area contributed by atoms with Crippen molar-refractivity contribution < 1.29 is 9.59 Å². The van der Waals surface area contributed by atoms with E-state index in [9.17, 15) is 9.59 Å². The summed E-state index contributed by atoms with van der Waals surface area (Å²) in [5.74, 6) is -0.573. The van der Waals surface area contributed by atoms with Crippen LogP contribution in [0, 0.1) is 9.49 Å². The molecular weight excluding hydrogens is 315 g/mol. The molecule has 1 aromatic carbocycles. The summed E-state index contributed by atoms with van der Waals surface area (Å²) in [6.07, 6.45) is 4.81. The zero-order chi connectivity index (χ0) is 11.5. The first-order chi connectivity index (χ1) is 7.70. The van der Waals surface area contributed by atoms with Crippen LogP contribution in [0.1, 0.15) is 23.2 Å². The van der Waals surface area contributed by atoms with Crippen molar-refractivity contribution in [2.75, 3.05) is 0 Å². The standard InChI is InChI=1S/C13H11IO2/c14-11-7-3-1-5-9(11)13(16)10-6-2-4-8-12(10)15/h1,3-5,7-8,10H,2,6H2. The van der Waals surface area contributed by atoms with Gasteiger partial charge >= 0.3 is 0 Å². The van der Waals surface area contributed by atoms with Crippen LogP contribution in [-0.4, -0.2) is 11.6 Å². The summed E-state index contributed by atoms with van der Waals surface area (Å²) in [4.78, 5) is 23.8. The van der Waals surface area contributed by atoms with Crippen molar-refractivity contribution in [1.82, 2.24) is 0 Å². The number of halogens is 1. The smallest absolute Gasteiger partial charge is 0.174 e. The minimum atomic E-state index is -0.471. The molecule has 0 aromatic heterocycles. The molecule has 16 heavy (non-hydrogen) atoms. The SMILES string of the molecule is O=C1C=CCCC1C(=O)c1ccccc1I. The Kier molecular flexibility index (Phi) is 3.53. The van der Waals surface area contributed by atoms with Gasteiger partial charge in [0, 0.05) is 9.13 Å². The van der Waals surface area contributed by atoms with Crippen molar-refractivity contribution in [3.8, 4) is 0 Å². The van der Waals surface area contributed by atoms with Crippen LogP contribution in [0.5, 0.6) is 0 Å². The van der Waals surface area contributed by atoms with Gasteiger partial charge in [0.25, 0.3) is 0 Å². The first-order valence-corrected chi connectivity index (χ1v) is 6.27. The quantitative estimate of drug-likeness (QED) is 0.476. The summed E-state index contributed by atoms with van der Waals surface area (Å²) < 4.78 is 0.910. The van der Waals surface area contributed by atoms with Crippen LogP contribution in [-0.2, 0) is 4.79 Å². The largest absolute Gasteiger partial charge is 0.294 e. The van der Waals surface area contributed by atoms with Gasteiger partial charge in [-0.1, -0.05) is 24.3 Å². The predicted octanol–water partition coefficient (Wildman–Crippen LogP) is 3.01. The van der Waals surface area contributed by atoms with E-state index in [4.69, 9.17) is 0 Å². The van der Waals surface area contributed by atoms with E-state index in [1.54, 1.807) is 6.07 Å². The summed E-state index contributed by atoms with van der Waals surface area (Å²) in [5.41, 5.74) is 0.664. The van der Waals surface area contributed by atoms with Gasteiger partial charge < -0.3 is 0 Å². The molecular formula is C13H11IO2. The molecule has 0 radical (unpaired) electrons. The molecule has 1 atom stereocenters. The molecule has 0 N–H and O–H groups in total. The molecule has 0 saturated carbocycles. The van der Waals surface area contributed by atoms with Crippen LogP contribution in [0.2, 0.25) is 0 Å². The lowest BCUT2D eigenvalue weighted by Crippen LogP contribution is -2.25. The number of carbonyl (C=O) groups is 2. The van der Waals surface area contributed by atoms with Crippen molar-refractivity contribution >= 4 is 34.2 Å². The summed E-state index contributed by atoms with van der Waals surface area (Å²) in [5, 5.41) is 0. The average Bonchev–Trinajstić information content (AvgIpc) is 2.29. The molecule has 1 aromatic rings. The Bertz CT molecular complexity index is 463. The number of benzene rings is 1. The Balaban J connectivity index is 2.29. The maximum absolute atomic E-state index is 12.2. The van der Waals surface area contributed by atoms with Crippen LogP contribution < -0.4 is 0 Å². The second-order valence-corrected chi connectivity index (χ2v) is 4.94. The third kappa shape index (κ3) is 2.24. The summed E-state index contributed by atoms with van der Waals surface area (Å²) >= 11 is 2.13. The van der Waals surface area contributed by atoms with Gasteiger partial charge in [0.2, 0.25) is 0 Å². The lowest BCUT2D eigenvalue weighted by Gasteiger charge is -2.15. The van der Waals surface area contributed by atoms with Gasteiger partial charge in [-0.3, -0.25) is 9.59 Å². The molecule has 1 aliphatic rings. The van der Waals surface area contributed by atoms with Crippen LogP contribution in [0.3, 0.4) is 0 Å². The van der Waals surface area contributed by atoms with E-state index < -0.39 is 5.92 Å². The van der Waals surface area contributed by atoms with Crippen LogP contribution in [0.4, 0.5) is 0 Å². The van der Waals surface area contributed by atoms with E-state index >= 15 is 0 Å². The highest BCUT2D eigenvalue weighted by molar-refractivity contribution is 14.1. The fraction of sp³-hybridized carbons (Fsp3) is 0.231. The minimum Gasteiger partial charge on any atom is -0.294 e. The highest BCUT2D eigenvalue weighted by atomic mass is 127. The van der Waals surface area contributed by atoms with E-state index in [-0.39, 0.29) is 11.6 Å². The molecule has 0 aliphatic heterocycles. The van der Waals surface area contributed by atoms with Crippen LogP contribution in [0.15, 0.2) is 36.4 Å². The average molecular weight is 326 g/mol. The first-order valence-electron chi connectivity index (χ1n) is 5.19. The molecule has 0 spiro atoms. The Morgan fingerprint density at radius 2 is 2.06 bits per heavy atom. The lowest BCUT2D eigenvalue weighted by atomic mass is 9.86. The highest BCUT2D eigenvalue weighted by Crippen LogP contribution is 2.22. The van der Waals surface area contributed by atoms with E-state index in [1.165, 1.54) is 6.08 Å². The number of ketones is 2. The second kappa shape index (κ2) is 4.91. The third-order valence-electron chi connectivity index (χ3n) is 2.70. The van der Waals surface area contributed by atoms with Gasteiger partial charge in [-0.15, -0.1) is 0 Å². The number of Topliss-reactive ketones (excluding diaryl/α,β-unsaturated/α-hetero) is 1. The molecule has 0 amide bonds. The molecule has 3 heteroatoms. The number of allylic oxidation sites excluding steroid dienone is 2. The van der Waals surface area contributed by atoms with E-state index in [0.29, 0.717) is 12.0 Å². The number of hydrogen-bond acceptors (Lipinski definition) is 2. The van der Waals surface area contributed by atoms with Crippen LogP contribution >= 0.6 is 22.6 Å². The zero-order valence-corrected chi connectivity index (χ0v) is 10.8. The molecule has 82 valence electrons. The zero-order valence-electron chi connectivity index (χ0n) is 8.65. The van der Waals surface area contributed by atoms with E-state index in [1.807, 2.05) is 24.3 Å². The highest BCUT2D eigenvalue weighted by Gasteiger charge is 2.27. The topological polar surface area (TPSA) is 34.1 Å². The first kappa shape index (κ1) is 11.5. The van der Waals surface area contributed by atoms with Crippen molar-refractivity contribution in [2.24, 2.45) is 5.92 Å². The van der Waals surface area contributed by atoms with Crippen molar-refractivity contribution in [2.45, 2.75) is 12.8 Å². The predicted molar refractivity (Wildman–Crippen MR) is 70.4 cm³/mol. The second-order valence-electron chi connectivity index (χ2n) is 3.78. The van der Waals surface area contributed by atoms with Crippen molar-refractivity contribution in [3.05, 3.63) is 45.6 Å². The Labute approximate surface area is 108 Å². The van der Waals surface area contributed by atoms with E-state index in [0.717, 1.165) is 9.99 Å². The third-order valence-corrected chi connectivity index (χ3v) is 3.64. The van der Waals surface area contributed by atoms with Crippen molar-refractivity contribution in [1.29, 1.82) is 0 Å². The lowest BCUT2D eigenvalue weighted by molar-refractivity contribution is -0.117. The minimum absolute atomic E-state index is 0.0423. The molecule has 2 rings (SSSR count). The molecule has 0 bridgehead atoms. The summed E-state index contributed by atoms with van der Waals surface area (Å²) in [7, 11) is 0. The molecule has 2 nitrogen and oxygen atoms in total. The van der Waals surface area contributed by atoms with Gasteiger partial charge in [-0.25, -0.2) is 0 Å². The summed E-state index contributed by atoms with van der Waals surface area (Å²) in [6, 6.07) is 7.40. The molecule has 0 saturated heterocycles. The van der Waals surface area contributed by atoms with Crippen LogP contribution in [0.25, 0.3) is 0 Å². The van der Waals surface area contributed by atoms with Gasteiger partial charge in [-0.05, 0) is 47.6 Å². The number of carbonyl (C=O) groups excluding carboxylic acids is 2. The monoisotopic (exact) mass is 326 g/mol.